The Morgan fingerprint density at radius 1 is 1.20 bits per heavy atom. The minimum Gasteiger partial charge on any atom is -0.0826 e. The first-order valence-corrected chi connectivity index (χ1v) is 7.00. The van der Waals surface area contributed by atoms with E-state index >= 15 is 0 Å². The Labute approximate surface area is 107 Å². The molecule has 2 heteroatoms. The Morgan fingerprint density at radius 2 is 1.87 bits per heavy atom. The van der Waals surface area contributed by atoms with Crippen LogP contribution in [0.1, 0.15) is 36.3 Å². The normalized spacial score (nSPS) is 33.1. The van der Waals surface area contributed by atoms with Crippen molar-refractivity contribution in [2.75, 3.05) is 0 Å². The van der Waals surface area contributed by atoms with Gasteiger partial charge < -0.3 is 0 Å². The van der Waals surface area contributed by atoms with Gasteiger partial charge in [0, 0.05) is 16.3 Å². The van der Waals surface area contributed by atoms with E-state index in [1.54, 1.807) is 5.56 Å². The van der Waals surface area contributed by atoms with Crippen molar-refractivity contribution < 1.29 is 0 Å². The van der Waals surface area contributed by atoms with Gasteiger partial charge in [-0.3, -0.25) is 0 Å². The second kappa shape index (κ2) is 3.46. The van der Waals surface area contributed by atoms with E-state index in [-0.39, 0.29) is 0 Å². The molecule has 0 aliphatic heterocycles. The number of benzene rings is 1. The Kier molecular flexibility index (Phi) is 2.33. The van der Waals surface area contributed by atoms with Crippen molar-refractivity contribution in [3.8, 4) is 0 Å². The molecule has 78 valence electrons. The van der Waals surface area contributed by atoms with Gasteiger partial charge in [0.25, 0.3) is 0 Å². The molecule has 0 aromatic heterocycles. The van der Waals surface area contributed by atoms with E-state index in [2.05, 4.69) is 63.0 Å². The van der Waals surface area contributed by atoms with Crippen LogP contribution in [-0.4, -0.2) is 4.83 Å². The first kappa shape index (κ1) is 10.1. The van der Waals surface area contributed by atoms with Crippen LogP contribution in [0.4, 0.5) is 0 Å². The summed E-state index contributed by atoms with van der Waals surface area (Å²) < 4.78 is 1.36. The van der Waals surface area contributed by atoms with Crippen LogP contribution >= 0.6 is 31.9 Å². The SMILES string of the molecule is CC1=C(Br)[C@@H](Br)[C@H]2C[C@@H]1c1ccccc12. The largest absolute Gasteiger partial charge is 0.0826 e. The average molecular weight is 328 g/mol. The van der Waals surface area contributed by atoms with Crippen LogP contribution in [0.3, 0.4) is 0 Å². The molecule has 0 amide bonds. The fourth-order valence-electron chi connectivity index (χ4n) is 2.92. The van der Waals surface area contributed by atoms with Crippen LogP contribution in [-0.2, 0) is 0 Å². The number of hydrogen-bond acceptors (Lipinski definition) is 0. The molecule has 2 aliphatic rings. The molecule has 3 rings (SSSR count). The Bertz CT molecular complexity index is 448. The van der Waals surface area contributed by atoms with E-state index in [0.717, 1.165) is 0 Å². The monoisotopic (exact) mass is 326 g/mol. The number of alkyl halides is 1. The fraction of sp³-hybridized carbons (Fsp3) is 0.385. The minimum absolute atomic E-state index is 0.470. The predicted molar refractivity (Wildman–Crippen MR) is 70.9 cm³/mol. The minimum atomic E-state index is 0.470. The van der Waals surface area contributed by atoms with Crippen molar-refractivity contribution in [1.82, 2.24) is 0 Å². The Morgan fingerprint density at radius 3 is 2.60 bits per heavy atom. The maximum Gasteiger partial charge on any atom is 0.0529 e. The molecule has 0 nitrogen and oxygen atoms in total. The smallest absolute Gasteiger partial charge is 0.0529 e. The maximum absolute atomic E-state index is 3.81. The first-order valence-electron chi connectivity index (χ1n) is 5.29. The summed E-state index contributed by atoms with van der Waals surface area (Å²) in [4.78, 5) is 0.470. The molecule has 0 radical (unpaired) electrons. The molecule has 1 aromatic rings. The van der Waals surface area contributed by atoms with E-state index in [1.165, 1.54) is 22.0 Å². The molecule has 15 heavy (non-hydrogen) atoms. The fourth-order valence-corrected chi connectivity index (χ4v) is 4.38. The van der Waals surface area contributed by atoms with Crippen molar-refractivity contribution >= 4 is 31.9 Å². The molecular weight excluding hydrogens is 316 g/mol. The van der Waals surface area contributed by atoms with Crippen LogP contribution in [0.2, 0.25) is 0 Å². The lowest BCUT2D eigenvalue weighted by Crippen LogP contribution is -2.16. The summed E-state index contributed by atoms with van der Waals surface area (Å²) in [6.45, 7) is 2.25. The lowest BCUT2D eigenvalue weighted by Gasteiger charge is -2.26. The summed E-state index contributed by atoms with van der Waals surface area (Å²) in [5, 5.41) is 0. The predicted octanol–water partition coefficient (Wildman–Crippen LogP) is 4.70. The zero-order chi connectivity index (χ0) is 10.6. The molecule has 0 spiro atoms. The highest BCUT2D eigenvalue weighted by Gasteiger charge is 2.41. The van der Waals surface area contributed by atoms with Crippen molar-refractivity contribution in [3.63, 3.8) is 0 Å². The number of fused-ring (bicyclic) bond motifs is 5. The zero-order valence-corrected chi connectivity index (χ0v) is 11.7. The van der Waals surface area contributed by atoms with Crippen molar-refractivity contribution in [2.45, 2.75) is 30.0 Å². The highest BCUT2D eigenvalue weighted by molar-refractivity contribution is 9.14. The second-order valence-electron chi connectivity index (χ2n) is 4.46. The summed E-state index contributed by atoms with van der Waals surface area (Å²) in [5.74, 6) is 1.30. The van der Waals surface area contributed by atoms with Gasteiger partial charge in [-0.1, -0.05) is 61.7 Å². The van der Waals surface area contributed by atoms with E-state index in [9.17, 15) is 0 Å². The van der Waals surface area contributed by atoms with Gasteiger partial charge in [0.1, 0.15) is 0 Å². The third-order valence-corrected chi connectivity index (χ3v) is 6.58. The van der Waals surface area contributed by atoms with Gasteiger partial charge in [-0.2, -0.15) is 0 Å². The molecule has 1 aromatic carbocycles. The third-order valence-electron chi connectivity index (χ3n) is 3.76. The summed E-state index contributed by atoms with van der Waals surface area (Å²) in [6, 6.07) is 8.88. The summed E-state index contributed by atoms with van der Waals surface area (Å²) in [6.07, 6.45) is 1.27. The van der Waals surface area contributed by atoms with Crippen molar-refractivity contribution in [1.29, 1.82) is 0 Å². The second-order valence-corrected chi connectivity index (χ2v) is 6.30. The third kappa shape index (κ3) is 1.31. The highest BCUT2D eigenvalue weighted by Crippen LogP contribution is 2.55. The molecule has 0 heterocycles. The highest BCUT2D eigenvalue weighted by atomic mass is 79.9. The standard InChI is InChI=1S/C13H12Br2/c1-7-10-6-11(13(15)12(7)14)9-5-3-2-4-8(9)10/h2-5,10-11,13H,6H2,1H3/t10-,11-,13-/m0/s1. The molecule has 0 fully saturated rings. The van der Waals surface area contributed by atoms with E-state index in [0.29, 0.717) is 16.7 Å². The summed E-state index contributed by atoms with van der Waals surface area (Å²) in [7, 11) is 0. The van der Waals surface area contributed by atoms with Gasteiger partial charge >= 0.3 is 0 Å². The topological polar surface area (TPSA) is 0 Å². The van der Waals surface area contributed by atoms with Gasteiger partial charge in [-0.05, 0) is 24.5 Å². The Hall–Kier alpha value is -0.0800. The maximum atomic E-state index is 3.81. The number of halogens is 2. The van der Waals surface area contributed by atoms with Gasteiger partial charge in [0.2, 0.25) is 0 Å². The van der Waals surface area contributed by atoms with E-state index in [4.69, 9.17) is 0 Å². The van der Waals surface area contributed by atoms with E-state index < -0.39 is 0 Å². The summed E-state index contributed by atoms with van der Waals surface area (Å²) >= 11 is 7.54. The molecule has 3 atom stereocenters. The number of allylic oxidation sites excluding steroid dienone is 2. The van der Waals surface area contributed by atoms with Crippen molar-refractivity contribution in [2.24, 2.45) is 0 Å². The van der Waals surface area contributed by atoms with Gasteiger partial charge in [-0.15, -0.1) is 0 Å². The van der Waals surface area contributed by atoms with Crippen LogP contribution in [0.15, 0.2) is 34.3 Å². The van der Waals surface area contributed by atoms with Crippen LogP contribution in [0.25, 0.3) is 0 Å². The first-order chi connectivity index (χ1) is 7.20. The van der Waals surface area contributed by atoms with Gasteiger partial charge in [0.05, 0.1) is 4.83 Å². The Balaban J connectivity index is 2.22. The zero-order valence-electron chi connectivity index (χ0n) is 8.50. The van der Waals surface area contributed by atoms with Crippen molar-refractivity contribution in [3.05, 3.63) is 45.4 Å². The van der Waals surface area contributed by atoms with Crippen LogP contribution < -0.4 is 0 Å². The molecule has 0 saturated heterocycles. The number of hydrogen-bond donors (Lipinski definition) is 0. The van der Waals surface area contributed by atoms with Gasteiger partial charge in [0.15, 0.2) is 0 Å². The molecular formula is C13H12Br2. The summed E-state index contributed by atoms with van der Waals surface area (Å²) in [5.41, 5.74) is 4.58. The lowest BCUT2D eigenvalue weighted by molar-refractivity contribution is 0.614. The number of rotatable bonds is 0. The molecule has 2 aliphatic carbocycles. The molecule has 2 bridgehead atoms. The van der Waals surface area contributed by atoms with Crippen LogP contribution in [0, 0.1) is 0 Å². The molecule has 0 unspecified atom stereocenters. The quantitative estimate of drug-likeness (QED) is 0.606. The average Bonchev–Trinajstić information content (AvgIpc) is 2.62. The van der Waals surface area contributed by atoms with E-state index in [1.807, 2.05) is 0 Å². The lowest BCUT2D eigenvalue weighted by atomic mass is 9.87. The molecule has 0 saturated carbocycles. The van der Waals surface area contributed by atoms with Crippen LogP contribution in [0.5, 0.6) is 0 Å². The molecule has 0 N–H and O–H groups in total. The van der Waals surface area contributed by atoms with Gasteiger partial charge in [-0.25, -0.2) is 0 Å².